The van der Waals surface area contributed by atoms with Crippen LogP contribution in [0.2, 0.25) is 0 Å². The second kappa shape index (κ2) is 9.43. The Balaban J connectivity index is 1.53. The highest BCUT2D eigenvalue weighted by atomic mass is 19.4. The van der Waals surface area contributed by atoms with Gasteiger partial charge in [-0.1, -0.05) is 17.3 Å². The second-order valence-corrected chi connectivity index (χ2v) is 7.48. The molecule has 12 heteroatoms. The molecule has 0 bridgehead atoms. The lowest BCUT2D eigenvalue weighted by Crippen LogP contribution is -2.24. The van der Waals surface area contributed by atoms with Crippen molar-refractivity contribution in [1.82, 2.24) is 9.78 Å². The Morgan fingerprint density at radius 1 is 1.18 bits per heavy atom. The SMILES string of the molecule is NCc1cccc(-n2nc(C(F)(F)F)cc2OC(=O)Nc2ccc(N3CCCC3=NO)cc2)c1. The lowest BCUT2D eigenvalue weighted by Gasteiger charge is -2.18. The fourth-order valence-corrected chi connectivity index (χ4v) is 3.58. The van der Waals surface area contributed by atoms with E-state index in [4.69, 9.17) is 15.7 Å². The first-order chi connectivity index (χ1) is 16.3. The van der Waals surface area contributed by atoms with Gasteiger partial charge in [0.05, 0.1) is 5.69 Å². The normalized spacial score (nSPS) is 15.1. The highest BCUT2D eigenvalue weighted by Gasteiger charge is 2.36. The number of nitrogens with two attached hydrogens (primary N) is 1. The highest BCUT2D eigenvalue weighted by Crippen LogP contribution is 2.32. The molecule has 0 unspecified atom stereocenters. The number of hydrogen-bond acceptors (Lipinski definition) is 6. The standard InChI is InChI=1S/C22H21F3N6O3/c23-22(24,25)18-12-20(31(28-18)17-4-1-3-14(11-17)13-26)34-21(32)27-15-6-8-16(9-7-15)30-10-2-5-19(30)29-33/h1,3-4,6-9,11-12,33H,2,5,10,13,26H2,(H,27,32). The van der Waals surface area contributed by atoms with Crippen LogP contribution in [0.5, 0.6) is 5.88 Å². The van der Waals surface area contributed by atoms with E-state index in [1.54, 1.807) is 42.5 Å². The summed E-state index contributed by atoms with van der Waals surface area (Å²) in [5.41, 5.74) is 6.48. The van der Waals surface area contributed by atoms with Gasteiger partial charge in [0, 0.05) is 37.0 Å². The predicted molar refractivity (Wildman–Crippen MR) is 118 cm³/mol. The number of rotatable bonds is 5. The molecule has 1 aromatic heterocycles. The summed E-state index contributed by atoms with van der Waals surface area (Å²) in [6.45, 7) is 0.877. The molecule has 2 heterocycles. The first-order valence-electron chi connectivity index (χ1n) is 10.3. The molecule has 0 saturated carbocycles. The van der Waals surface area contributed by atoms with Crippen LogP contribution in [0.15, 0.2) is 59.8 Å². The molecule has 0 radical (unpaired) electrons. The summed E-state index contributed by atoms with van der Waals surface area (Å²) < 4.78 is 45.9. The maximum Gasteiger partial charge on any atom is 0.435 e. The van der Waals surface area contributed by atoms with Crippen LogP contribution in [0.3, 0.4) is 0 Å². The molecule has 1 saturated heterocycles. The molecule has 34 heavy (non-hydrogen) atoms. The Kier molecular flexibility index (Phi) is 6.41. The predicted octanol–water partition coefficient (Wildman–Crippen LogP) is 4.35. The van der Waals surface area contributed by atoms with Gasteiger partial charge < -0.3 is 20.6 Å². The summed E-state index contributed by atoms with van der Waals surface area (Å²) in [7, 11) is 0. The average molecular weight is 474 g/mol. The fraction of sp³-hybridized carbons (Fsp3) is 0.227. The van der Waals surface area contributed by atoms with Crippen LogP contribution >= 0.6 is 0 Å². The third kappa shape index (κ3) is 4.96. The van der Waals surface area contributed by atoms with Crippen molar-refractivity contribution in [3.63, 3.8) is 0 Å². The van der Waals surface area contributed by atoms with E-state index in [0.29, 0.717) is 36.1 Å². The lowest BCUT2D eigenvalue weighted by molar-refractivity contribution is -0.141. The molecule has 1 aliphatic heterocycles. The van der Waals surface area contributed by atoms with Crippen LogP contribution < -0.4 is 20.7 Å². The topological polar surface area (TPSA) is 118 Å². The van der Waals surface area contributed by atoms with E-state index < -0.39 is 23.8 Å². The fourth-order valence-electron chi connectivity index (χ4n) is 3.58. The van der Waals surface area contributed by atoms with Crippen LogP contribution in [0.25, 0.3) is 5.69 Å². The Hall–Kier alpha value is -4.06. The summed E-state index contributed by atoms with van der Waals surface area (Å²) in [4.78, 5) is 14.3. The molecule has 178 valence electrons. The zero-order chi connectivity index (χ0) is 24.3. The van der Waals surface area contributed by atoms with E-state index in [0.717, 1.165) is 16.8 Å². The van der Waals surface area contributed by atoms with Gasteiger partial charge >= 0.3 is 12.3 Å². The molecule has 3 aromatic rings. The Morgan fingerprint density at radius 3 is 2.62 bits per heavy atom. The maximum absolute atomic E-state index is 13.3. The third-order valence-electron chi connectivity index (χ3n) is 5.19. The molecule has 4 N–H and O–H groups in total. The van der Waals surface area contributed by atoms with Crippen LogP contribution in [0.1, 0.15) is 24.1 Å². The number of amidine groups is 1. The molecule has 0 aliphatic carbocycles. The van der Waals surface area contributed by atoms with Crippen molar-refractivity contribution in [2.24, 2.45) is 10.9 Å². The van der Waals surface area contributed by atoms with Crippen LogP contribution in [-0.2, 0) is 12.7 Å². The minimum absolute atomic E-state index is 0.178. The van der Waals surface area contributed by atoms with Gasteiger partial charge in [-0.15, -0.1) is 0 Å². The van der Waals surface area contributed by atoms with E-state index in [2.05, 4.69) is 15.6 Å². The maximum atomic E-state index is 13.3. The smallest absolute Gasteiger partial charge is 0.409 e. The molecule has 2 aromatic carbocycles. The largest absolute Gasteiger partial charge is 0.435 e. The molecule has 0 atom stereocenters. The van der Waals surface area contributed by atoms with E-state index in [-0.39, 0.29) is 12.2 Å². The van der Waals surface area contributed by atoms with Gasteiger partial charge in [0.15, 0.2) is 5.69 Å². The second-order valence-electron chi connectivity index (χ2n) is 7.48. The zero-order valence-corrected chi connectivity index (χ0v) is 17.8. The number of aromatic nitrogens is 2. The highest BCUT2D eigenvalue weighted by molar-refractivity contribution is 5.99. The van der Waals surface area contributed by atoms with Crippen molar-refractivity contribution in [1.29, 1.82) is 0 Å². The number of nitrogens with one attached hydrogen (secondary N) is 1. The number of alkyl halides is 3. The van der Waals surface area contributed by atoms with Crippen molar-refractivity contribution >= 4 is 23.3 Å². The number of nitrogens with zero attached hydrogens (tertiary/aromatic N) is 4. The van der Waals surface area contributed by atoms with Gasteiger partial charge in [-0.05, 0) is 48.4 Å². The Labute approximate surface area is 192 Å². The van der Waals surface area contributed by atoms with Gasteiger partial charge in [0.25, 0.3) is 0 Å². The molecule has 4 rings (SSSR count). The van der Waals surface area contributed by atoms with Crippen LogP contribution in [0.4, 0.5) is 29.3 Å². The molecule has 1 fully saturated rings. The average Bonchev–Trinajstić information content (AvgIpc) is 3.46. The van der Waals surface area contributed by atoms with E-state index in [1.165, 1.54) is 6.07 Å². The van der Waals surface area contributed by atoms with Crippen molar-refractivity contribution in [3.05, 3.63) is 65.9 Å². The monoisotopic (exact) mass is 474 g/mol. The molecule has 1 aliphatic rings. The number of hydrogen-bond donors (Lipinski definition) is 3. The minimum Gasteiger partial charge on any atom is -0.409 e. The van der Waals surface area contributed by atoms with Crippen molar-refractivity contribution in [2.45, 2.75) is 25.6 Å². The summed E-state index contributed by atoms with van der Waals surface area (Å²) in [5.74, 6) is 0.143. The Morgan fingerprint density at radius 2 is 1.94 bits per heavy atom. The number of carbonyl (C=O) groups is 1. The van der Waals surface area contributed by atoms with E-state index >= 15 is 0 Å². The van der Waals surface area contributed by atoms with Crippen molar-refractivity contribution < 1.29 is 27.9 Å². The Bertz CT molecular complexity index is 1210. The molecular weight excluding hydrogens is 453 g/mol. The first-order valence-corrected chi connectivity index (χ1v) is 10.3. The number of halogens is 3. The van der Waals surface area contributed by atoms with Crippen LogP contribution in [0, 0.1) is 0 Å². The molecule has 0 spiro atoms. The summed E-state index contributed by atoms with van der Waals surface area (Å²) in [6.07, 6.45) is -4.21. The first kappa shape index (κ1) is 23.1. The number of anilines is 2. The van der Waals surface area contributed by atoms with Crippen molar-refractivity contribution in [3.8, 4) is 11.6 Å². The third-order valence-corrected chi connectivity index (χ3v) is 5.19. The van der Waals surface area contributed by atoms with Crippen molar-refractivity contribution in [2.75, 3.05) is 16.8 Å². The van der Waals surface area contributed by atoms with E-state index in [1.807, 2.05) is 4.90 Å². The molecular formula is C22H21F3N6O3. The minimum atomic E-state index is -4.73. The number of ether oxygens (including phenoxy) is 1. The van der Waals surface area contributed by atoms with Gasteiger partial charge in [-0.2, -0.15) is 23.0 Å². The summed E-state index contributed by atoms with van der Waals surface area (Å²) in [5, 5.41) is 18.4. The number of amides is 1. The summed E-state index contributed by atoms with van der Waals surface area (Å²) in [6, 6.07) is 13.7. The van der Waals surface area contributed by atoms with Gasteiger partial charge in [0.1, 0.15) is 5.84 Å². The zero-order valence-electron chi connectivity index (χ0n) is 17.8. The van der Waals surface area contributed by atoms with Crippen LogP contribution in [-0.4, -0.2) is 33.5 Å². The molecule has 1 amide bonds. The number of oxime groups is 1. The lowest BCUT2D eigenvalue weighted by atomic mass is 10.2. The van der Waals surface area contributed by atoms with Gasteiger partial charge in [-0.3, -0.25) is 5.32 Å². The van der Waals surface area contributed by atoms with Gasteiger partial charge in [-0.25, -0.2) is 4.79 Å². The number of benzene rings is 2. The number of carbonyl (C=O) groups excluding carboxylic acids is 1. The summed E-state index contributed by atoms with van der Waals surface area (Å²) >= 11 is 0. The van der Waals surface area contributed by atoms with E-state index in [9.17, 15) is 18.0 Å². The molecule has 9 nitrogen and oxygen atoms in total. The quantitative estimate of drug-likeness (QED) is 0.374. The van der Waals surface area contributed by atoms with Gasteiger partial charge in [0.2, 0.25) is 5.88 Å².